The SMILES string of the molecule is Cc1ccc(NC(=O)COc2cccc([C@H](C)O)c2)cc1. The summed E-state index contributed by atoms with van der Waals surface area (Å²) >= 11 is 0. The van der Waals surface area contributed by atoms with Gasteiger partial charge in [0.25, 0.3) is 5.91 Å². The lowest BCUT2D eigenvalue weighted by atomic mass is 10.1. The lowest BCUT2D eigenvalue weighted by Gasteiger charge is -2.10. The number of hydrogen-bond donors (Lipinski definition) is 2. The summed E-state index contributed by atoms with van der Waals surface area (Å²) in [6.45, 7) is 3.60. The predicted octanol–water partition coefficient (Wildman–Crippen LogP) is 3.07. The highest BCUT2D eigenvalue weighted by molar-refractivity contribution is 5.91. The second kappa shape index (κ2) is 6.90. The molecule has 4 nitrogen and oxygen atoms in total. The highest BCUT2D eigenvalue weighted by Gasteiger charge is 2.06. The second-order valence-electron chi connectivity index (χ2n) is 4.95. The maximum atomic E-state index is 11.8. The van der Waals surface area contributed by atoms with Crippen LogP contribution < -0.4 is 10.1 Å². The lowest BCUT2D eigenvalue weighted by Crippen LogP contribution is -2.20. The van der Waals surface area contributed by atoms with Crippen molar-refractivity contribution in [3.05, 3.63) is 59.7 Å². The van der Waals surface area contributed by atoms with Crippen molar-refractivity contribution >= 4 is 11.6 Å². The first-order chi connectivity index (χ1) is 10.0. The summed E-state index contributed by atoms with van der Waals surface area (Å²) in [5, 5.41) is 12.3. The molecule has 2 rings (SSSR count). The standard InChI is InChI=1S/C17H19NO3/c1-12-6-8-15(9-7-12)18-17(20)11-21-16-5-3-4-14(10-16)13(2)19/h3-10,13,19H,11H2,1-2H3,(H,18,20)/t13-/m0/s1. The number of carbonyl (C=O) groups is 1. The molecule has 0 aliphatic carbocycles. The van der Waals surface area contributed by atoms with E-state index < -0.39 is 6.10 Å². The van der Waals surface area contributed by atoms with Gasteiger partial charge in [-0.3, -0.25) is 4.79 Å². The van der Waals surface area contributed by atoms with Crippen LogP contribution in [0.25, 0.3) is 0 Å². The fourth-order valence-corrected chi connectivity index (χ4v) is 1.85. The summed E-state index contributed by atoms with van der Waals surface area (Å²) in [7, 11) is 0. The zero-order valence-electron chi connectivity index (χ0n) is 12.2. The highest BCUT2D eigenvalue weighted by Crippen LogP contribution is 2.18. The molecule has 1 amide bonds. The quantitative estimate of drug-likeness (QED) is 0.887. The van der Waals surface area contributed by atoms with Crippen LogP contribution in [-0.4, -0.2) is 17.6 Å². The Labute approximate surface area is 124 Å². The Hall–Kier alpha value is -2.33. The fourth-order valence-electron chi connectivity index (χ4n) is 1.85. The number of anilines is 1. The molecular formula is C17H19NO3. The molecule has 2 aromatic rings. The molecule has 0 aliphatic heterocycles. The van der Waals surface area contributed by atoms with Crippen LogP contribution in [0, 0.1) is 6.92 Å². The van der Waals surface area contributed by atoms with E-state index in [2.05, 4.69) is 5.32 Å². The zero-order valence-corrected chi connectivity index (χ0v) is 12.2. The van der Waals surface area contributed by atoms with Gasteiger partial charge in [-0.1, -0.05) is 29.8 Å². The van der Waals surface area contributed by atoms with Gasteiger partial charge >= 0.3 is 0 Å². The molecule has 0 fully saturated rings. The number of ether oxygens (including phenoxy) is 1. The van der Waals surface area contributed by atoms with Crippen molar-refractivity contribution in [2.24, 2.45) is 0 Å². The molecule has 0 saturated carbocycles. The van der Waals surface area contributed by atoms with E-state index in [4.69, 9.17) is 4.74 Å². The summed E-state index contributed by atoms with van der Waals surface area (Å²) in [4.78, 5) is 11.8. The Kier molecular flexibility index (Phi) is 4.95. The van der Waals surface area contributed by atoms with Crippen LogP contribution in [0.3, 0.4) is 0 Å². The molecular weight excluding hydrogens is 266 g/mol. The third kappa shape index (κ3) is 4.61. The lowest BCUT2D eigenvalue weighted by molar-refractivity contribution is -0.118. The molecule has 21 heavy (non-hydrogen) atoms. The number of aryl methyl sites for hydroxylation is 1. The zero-order chi connectivity index (χ0) is 15.2. The summed E-state index contributed by atoms with van der Waals surface area (Å²) in [6, 6.07) is 14.6. The molecule has 0 bridgehead atoms. The number of hydrogen-bond acceptors (Lipinski definition) is 3. The number of aliphatic hydroxyl groups is 1. The molecule has 4 heteroatoms. The number of carbonyl (C=O) groups excluding carboxylic acids is 1. The minimum absolute atomic E-state index is 0.0723. The molecule has 0 heterocycles. The normalized spacial score (nSPS) is 11.8. The number of aliphatic hydroxyl groups excluding tert-OH is 1. The number of amides is 1. The van der Waals surface area contributed by atoms with Crippen LogP contribution in [0.1, 0.15) is 24.2 Å². The molecule has 1 atom stereocenters. The van der Waals surface area contributed by atoms with E-state index >= 15 is 0 Å². The van der Waals surface area contributed by atoms with Crippen molar-refractivity contribution in [3.63, 3.8) is 0 Å². The Morgan fingerprint density at radius 2 is 1.95 bits per heavy atom. The van der Waals surface area contributed by atoms with Gasteiger partial charge in [-0.05, 0) is 43.7 Å². The van der Waals surface area contributed by atoms with Crippen molar-refractivity contribution in [3.8, 4) is 5.75 Å². The summed E-state index contributed by atoms with van der Waals surface area (Å²) in [5.41, 5.74) is 2.64. The largest absolute Gasteiger partial charge is 0.484 e. The first kappa shape index (κ1) is 15.1. The number of benzene rings is 2. The molecule has 0 saturated heterocycles. The maximum absolute atomic E-state index is 11.8. The molecule has 110 valence electrons. The number of nitrogens with one attached hydrogen (secondary N) is 1. The van der Waals surface area contributed by atoms with Gasteiger partial charge in [0.1, 0.15) is 5.75 Å². The van der Waals surface area contributed by atoms with E-state index in [1.165, 1.54) is 0 Å². The Bertz CT molecular complexity index is 606. The summed E-state index contributed by atoms with van der Waals surface area (Å²) in [5.74, 6) is 0.341. The van der Waals surface area contributed by atoms with Crippen LogP contribution in [0.4, 0.5) is 5.69 Å². The Morgan fingerprint density at radius 1 is 1.24 bits per heavy atom. The van der Waals surface area contributed by atoms with Crippen LogP contribution >= 0.6 is 0 Å². The van der Waals surface area contributed by atoms with Crippen molar-refractivity contribution in [2.45, 2.75) is 20.0 Å². The third-order valence-corrected chi connectivity index (χ3v) is 3.05. The average Bonchev–Trinajstić information content (AvgIpc) is 2.48. The van der Waals surface area contributed by atoms with Gasteiger partial charge in [-0.2, -0.15) is 0 Å². The van der Waals surface area contributed by atoms with E-state index in [1.54, 1.807) is 25.1 Å². The van der Waals surface area contributed by atoms with E-state index in [0.29, 0.717) is 5.75 Å². The van der Waals surface area contributed by atoms with Gasteiger partial charge in [0.2, 0.25) is 0 Å². The van der Waals surface area contributed by atoms with Crippen molar-refractivity contribution in [1.82, 2.24) is 0 Å². The molecule has 0 aromatic heterocycles. The van der Waals surface area contributed by atoms with Crippen LogP contribution in [0.15, 0.2) is 48.5 Å². The van der Waals surface area contributed by atoms with Gasteiger partial charge < -0.3 is 15.2 Å². The summed E-state index contributed by atoms with van der Waals surface area (Å²) < 4.78 is 5.43. The molecule has 0 radical (unpaired) electrons. The Morgan fingerprint density at radius 3 is 2.62 bits per heavy atom. The Balaban J connectivity index is 1.89. The third-order valence-electron chi connectivity index (χ3n) is 3.05. The van der Waals surface area contributed by atoms with E-state index in [1.807, 2.05) is 37.3 Å². The minimum atomic E-state index is -0.560. The van der Waals surface area contributed by atoms with E-state index in [0.717, 1.165) is 16.8 Å². The van der Waals surface area contributed by atoms with E-state index in [-0.39, 0.29) is 12.5 Å². The van der Waals surface area contributed by atoms with Gasteiger partial charge in [0.05, 0.1) is 6.10 Å². The van der Waals surface area contributed by atoms with Gasteiger partial charge in [0.15, 0.2) is 6.61 Å². The van der Waals surface area contributed by atoms with Gasteiger partial charge in [-0.25, -0.2) is 0 Å². The van der Waals surface area contributed by atoms with E-state index in [9.17, 15) is 9.90 Å². The molecule has 0 aliphatic rings. The van der Waals surface area contributed by atoms with Crippen LogP contribution in [0.2, 0.25) is 0 Å². The van der Waals surface area contributed by atoms with Crippen molar-refractivity contribution < 1.29 is 14.6 Å². The first-order valence-electron chi connectivity index (χ1n) is 6.82. The monoisotopic (exact) mass is 285 g/mol. The van der Waals surface area contributed by atoms with Gasteiger partial charge in [0, 0.05) is 5.69 Å². The molecule has 2 N–H and O–H groups in total. The predicted molar refractivity (Wildman–Crippen MR) is 82.4 cm³/mol. The molecule has 2 aromatic carbocycles. The topological polar surface area (TPSA) is 58.6 Å². The minimum Gasteiger partial charge on any atom is -0.484 e. The maximum Gasteiger partial charge on any atom is 0.262 e. The second-order valence-corrected chi connectivity index (χ2v) is 4.95. The highest BCUT2D eigenvalue weighted by atomic mass is 16.5. The van der Waals surface area contributed by atoms with Crippen molar-refractivity contribution in [1.29, 1.82) is 0 Å². The fraction of sp³-hybridized carbons (Fsp3) is 0.235. The van der Waals surface area contributed by atoms with Gasteiger partial charge in [-0.15, -0.1) is 0 Å². The molecule has 0 spiro atoms. The average molecular weight is 285 g/mol. The summed E-state index contributed by atoms with van der Waals surface area (Å²) in [6.07, 6.45) is -0.560. The smallest absolute Gasteiger partial charge is 0.262 e. The molecule has 0 unspecified atom stereocenters. The van der Waals surface area contributed by atoms with Crippen LogP contribution in [0.5, 0.6) is 5.75 Å². The number of rotatable bonds is 5. The first-order valence-corrected chi connectivity index (χ1v) is 6.82. The van der Waals surface area contributed by atoms with Crippen LogP contribution in [-0.2, 0) is 4.79 Å². The van der Waals surface area contributed by atoms with Crippen molar-refractivity contribution in [2.75, 3.05) is 11.9 Å².